The number of fused-ring (bicyclic) bond motifs is 3. The van der Waals surface area contributed by atoms with E-state index in [1.165, 1.54) is 67.5 Å². The van der Waals surface area contributed by atoms with Crippen molar-refractivity contribution in [2.45, 2.75) is 44.9 Å². The molecular formula is C21H30N4OS. The Morgan fingerprint density at radius 2 is 1.85 bits per heavy atom. The van der Waals surface area contributed by atoms with E-state index in [9.17, 15) is 0 Å². The Morgan fingerprint density at radius 3 is 2.70 bits per heavy atom. The van der Waals surface area contributed by atoms with E-state index >= 15 is 0 Å². The van der Waals surface area contributed by atoms with E-state index in [2.05, 4.69) is 14.8 Å². The van der Waals surface area contributed by atoms with Crippen LogP contribution in [-0.2, 0) is 17.6 Å². The number of hydrogen-bond acceptors (Lipinski definition) is 6. The van der Waals surface area contributed by atoms with Crippen LogP contribution in [0.5, 0.6) is 0 Å². The van der Waals surface area contributed by atoms with Crippen LogP contribution in [0.2, 0.25) is 0 Å². The van der Waals surface area contributed by atoms with E-state index < -0.39 is 0 Å². The normalized spacial score (nSPS) is 22.3. The first-order chi connectivity index (χ1) is 13.4. The first kappa shape index (κ1) is 17.8. The molecule has 0 radical (unpaired) electrons. The number of hydrogen-bond donors (Lipinski definition) is 0. The summed E-state index contributed by atoms with van der Waals surface area (Å²) in [4.78, 5) is 17.2. The summed E-state index contributed by atoms with van der Waals surface area (Å²) in [5.41, 5.74) is 1.56. The summed E-state index contributed by atoms with van der Waals surface area (Å²) in [6, 6.07) is 0. The Kier molecular flexibility index (Phi) is 5.29. The van der Waals surface area contributed by atoms with Crippen molar-refractivity contribution in [2.75, 3.05) is 50.8 Å². The Hall–Kier alpha value is -1.24. The Labute approximate surface area is 165 Å². The van der Waals surface area contributed by atoms with E-state index in [0.717, 1.165) is 45.3 Å². The van der Waals surface area contributed by atoms with E-state index in [1.54, 1.807) is 16.8 Å². The molecule has 0 bridgehead atoms. The molecule has 1 aliphatic carbocycles. The van der Waals surface area contributed by atoms with E-state index in [1.807, 2.05) is 11.3 Å². The zero-order valence-corrected chi connectivity index (χ0v) is 17.0. The van der Waals surface area contributed by atoms with Gasteiger partial charge in [0, 0.05) is 31.1 Å². The van der Waals surface area contributed by atoms with Crippen LogP contribution in [0.3, 0.4) is 0 Å². The number of ether oxygens (including phenoxy) is 1. The summed E-state index contributed by atoms with van der Waals surface area (Å²) < 4.78 is 5.46. The fraction of sp³-hybridized carbons (Fsp3) is 0.714. The number of piperidine rings is 1. The molecule has 2 saturated heterocycles. The lowest BCUT2D eigenvalue weighted by Gasteiger charge is -2.35. The van der Waals surface area contributed by atoms with Gasteiger partial charge in [0.25, 0.3) is 0 Å². The fourth-order valence-electron chi connectivity index (χ4n) is 4.94. The molecule has 5 rings (SSSR count). The average molecular weight is 387 g/mol. The molecule has 4 heterocycles. The van der Waals surface area contributed by atoms with Crippen molar-refractivity contribution in [2.24, 2.45) is 5.92 Å². The minimum atomic E-state index is 0.859. The number of rotatable bonds is 4. The lowest BCUT2D eigenvalue weighted by molar-refractivity contribution is 0.0349. The second-order valence-electron chi connectivity index (χ2n) is 8.26. The molecule has 2 aromatic heterocycles. The molecule has 0 amide bonds. The largest absolute Gasteiger partial charge is 0.379 e. The highest BCUT2D eigenvalue weighted by atomic mass is 32.1. The van der Waals surface area contributed by atoms with Crippen molar-refractivity contribution in [1.82, 2.24) is 14.9 Å². The zero-order chi connectivity index (χ0) is 18.1. The smallest absolute Gasteiger partial charge is 0.141 e. The minimum Gasteiger partial charge on any atom is -0.379 e. The van der Waals surface area contributed by atoms with Gasteiger partial charge in [0.1, 0.15) is 17.0 Å². The first-order valence-electron chi connectivity index (χ1n) is 10.7. The molecule has 3 aliphatic rings. The highest BCUT2D eigenvalue weighted by molar-refractivity contribution is 7.19. The Bertz CT molecular complexity index is 778. The lowest BCUT2D eigenvalue weighted by Crippen LogP contribution is -2.39. The van der Waals surface area contributed by atoms with Crippen LogP contribution in [0.15, 0.2) is 6.33 Å². The van der Waals surface area contributed by atoms with Crippen LogP contribution >= 0.6 is 11.3 Å². The zero-order valence-electron chi connectivity index (χ0n) is 16.2. The fourth-order valence-corrected chi connectivity index (χ4v) is 6.16. The summed E-state index contributed by atoms with van der Waals surface area (Å²) >= 11 is 1.91. The molecule has 2 fully saturated rings. The van der Waals surface area contributed by atoms with Crippen LogP contribution < -0.4 is 4.90 Å². The van der Waals surface area contributed by atoms with Crippen molar-refractivity contribution in [3.63, 3.8) is 0 Å². The SMILES string of the molecule is c1nc(N2CCC(CCN3CCOCC3)CC2)c2c3c(sc2n1)CCCC3. The number of aryl methyl sites for hydroxylation is 2. The minimum absolute atomic E-state index is 0.859. The predicted molar refractivity (Wildman–Crippen MR) is 111 cm³/mol. The van der Waals surface area contributed by atoms with Crippen molar-refractivity contribution >= 4 is 27.4 Å². The monoisotopic (exact) mass is 386 g/mol. The van der Waals surface area contributed by atoms with Crippen LogP contribution in [0.1, 0.15) is 42.5 Å². The van der Waals surface area contributed by atoms with Gasteiger partial charge in [-0.2, -0.15) is 0 Å². The molecular weight excluding hydrogens is 356 g/mol. The third kappa shape index (κ3) is 3.71. The Balaban J connectivity index is 1.25. The van der Waals surface area contributed by atoms with Gasteiger partial charge in [-0.15, -0.1) is 11.3 Å². The molecule has 6 heteroatoms. The average Bonchev–Trinajstić information content (AvgIpc) is 3.12. The van der Waals surface area contributed by atoms with Gasteiger partial charge in [-0.3, -0.25) is 4.90 Å². The van der Waals surface area contributed by atoms with Gasteiger partial charge >= 0.3 is 0 Å². The molecule has 2 aliphatic heterocycles. The third-order valence-corrected chi connectivity index (χ3v) is 7.80. The molecule has 0 saturated carbocycles. The summed E-state index contributed by atoms with van der Waals surface area (Å²) in [6.07, 6.45) is 10.8. The van der Waals surface area contributed by atoms with Crippen LogP contribution in [-0.4, -0.2) is 60.8 Å². The summed E-state index contributed by atoms with van der Waals surface area (Å²) in [5, 5.41) is 1.38. The maximum absolute atomic E-state index is 5.46. The standard InChI is InChI=1S/C21H30N4OS/c1-2-4-18-17(3-1)19-20(22-15-23-21(19)27-18)25-9-6-16(7-10-25)5-8-24-11-13-26-14-12-24/h15-16H,1-14H2. The van der Waals surface area contributed by atoms with Crippen molar-refractivity contribution in [3.05, 3.63) is 16.8 Å². The lowest BCUT2D eigenvalue weighted by atomic mass is 9.92. The second-order valence-corrected chi connectivity index (χ2v) is 9.35. The number of thiophene rings is 1. The summed E-state index contributed by atoms with van der Waals surface area (Å²) in [5.74, 6) is 2.07. The van der Waals surface area contributed by atoms with Gasteiger partial charge in [-0.05, 0) is 63.0 Å². The van der Waals surface area contributed by atoms with Crippen molar-refractivity contribution < 1.29 is 4.74 Å². The van der Waals surface area contributed by atoms with Crippen LogP contribution in [0.25, 0.3) is 10.2 Å². The van der Waals surface area contributed by atoms with Crippen molar-refractivity contribution in [3.8, 4) is 0 Å². The predicted octanol–water partition coefficient (Wildman–Crippen LogP) is 3.51. The van der Waals surface area contributed by atoms with E-state index in [0.29, 0.717) is 0 Å². The maximum atomic E-state index is 5.46. The molecule has 0 atom stereocenters. The molecule has 146 valence electrons. The molecule has 0 aromatic carbocycles. The van der Waals surface area contributed by atoms with E-state index in [4.69, 9.17) is 9.72 Å². The third-order valence-electron chi connectivity index (χ3n) is 6.60. The summed E-state index contributed by atoms with van der Waals surface area (Å²) in [7, 11) is 0. The number of nitrogens with zero attached hydrogens (tertiary/aromatic N) is 4. The molecule has 27 heavy (non-hydrogen) atoms. The second kappa shape index (κ2) is 8.02. The topological polar surface area (TPSA) is 41.5 Å². The quantitative estimate of drug-likeness (QED) is 0.804. The highest BCUT2D eigenvalue weighted by Gasteiger charge is 2.26. The van der Waals surface area contributed by atoms with Gasteiger partial charge < -0.3 is 9.64 Å². The molecule has 2 aromatic rings. The number of morpholine rings is 1. The number of anilines is 1. The molecule has 0 N–H and O–H groups in total. The van der Waals surface area contributed by atoms with Gasteiger partial charge in [-0.25, -0.2) is 9.97 Å². The van der Waals surface area contributed by atoms with Crippen molar-refractivity contribution in [1.29, 1.82) is 0 Å². The van der Waals surface area contributed by atoms with Gasteiger partial charge in [0.15, 0.2) is 0 Å². The molecule has 0 unspecified atom stereocenters. The van der Waals surface area contributed by atoms with Crippen LogP contribution in [0, 0.1) is 5.92 Å². The highest BCUT2D eigenvalue weighted by Crippen LogP contribution is 2.40. The molecule has 5 nitrogen and oxygen atoms in total. The van der Waals surface area contributed by atoms with E-state index in [-0.39, 0.29) is 0 Å². The Morgan fingerprint density at radius 1 is 1.04 bits per heavy atom. The number of aromatic nitrogens is 2. The van der Waals surface area contributed by atoms with Crippen LogP contribution in [0.4, 0.5) is 5.82 Å². The maximum Gasteiger partial charge on any atom is 0.141 e. The molecule has 0 spiro atoms. The van der Waals surface area contributed by atoms with Gasteiger partial charge in [0.05, 0.1) is 18.6 Å². The van der Waals surface area contributed by atoms with Gasteiger partial charge in [-0.1, -0.05) is 0 Å². The van der Waals surface area contributed by atoms with Gasteiger partial charge in [0.2, 0.25) is 0 Å². The first-order valence-corrected chi connectivity index (χ1v) is 11.5. The summed E-state index contributed by atoms with van der Waals surface area (Å²) in [6.45, 7) is 7.57.